The van der Waals surface area contributed by atoms with Gasteiger partial charge in [-0.1, -0.05) is 27.7 Å². The monoisotopic (exact) mass is 445 g/mol. The van der Waals surface area contributed by atoms with E-state index in [9.17, 15) is 9.90 Å². The molecule has 0 radical (unpaired) electrons. The fourth-order valence-corrected chi connectivity index (χ4v) is 3.88. The molecule has 146 valence electrons. The number of carbonyl (C=O) groups is 1. The Bertz CT molecular complexity index is 950. The molecule has 2 heterocycles. The molecular formula is C21H20BrNO5. The number of halogens is 1. The summed E-state index contributed by atoms with van der Waals surface area (Å²) in [5.41, 5.74) is 1.70. The highest BCUT2D eigenvalue weighted by Gasteiger charge is 2.31. The van der Waals surface area contributed by atoms with Gasteiger partial charge in [-0.25, -0.2) is 0 Å². The summed E-state index contributed by atoms with van der Waals surface area (Å²) < 4.78 is 17.5. The second-order valence-corrected chi connectivity index (χ2v) is 7.70. The average Bonchev–Trinajstić information content (AvgIpc) is 3.01. The van der Waals surface area contributed by atoms with Crippen LogP contribution in [0.1, 0.15) is 21.5 Å². The molecule has 2 aliphatic rings. The first-order valence-corrected chi connectivity index (χ1v) is 9.88. The molecule has 0 amide bonds. The third-order valence-corrected chi connectivity index (χ3v) is 5.50. The number of methoxy groups -OCH3 is 1. The summed E-state index contributed by atoms with van der Waals surface area (Å²) in [7, 11) is 1.57. The van der Waals surface area contributed by atoms with Crippen LogP contribution in [-0.4, -0.2) is 39.2 Å². The molecule has 2 aromatic rings. The molecule has 0 saturated carbocycles. The molecule has 0 spiro atoms. The second-order valence-electron chi connectivity index (χ2n) is 6.78. The third kappa shape index (κ3) is 3.65. The summed E-state index contributed by atoms with van der Waals surface area (Å²) in [6.07, 6.45) is 1.65. The van der Waals surface area contributed by atoms with Gasteiger partial charge in [0.2, 0.25) is 5.78 Å². The lowest BCUT2D eigenvalue weighted by Gasteiger charge is -2.26. The number of morpholine rings is 1. The molecule has 7 heteroatoms. The van der Waals surface area contributed by atoms with E-state index in [2.05, 4.69) is 15.9 Å². The lowest BCUT2D eigenvalue weighted by atomic mass is 10.0. The van der Waals surface area contributed by atoms with Crippen molar-refractivity contribution in [1.29, 1.82) is 0 Å². The van der Waals surface area contributed by atoms with Crippen LogP contribution < -0.4 is 19.5 Å². The molecule has 2 aliphatic heterocycles. The van der Waals surface area contributed by atoms with E-state index >= 15 is 0 Å². The van der Waals surface area contributed by atoms with Gasteiger partial charge >= 0.3 is 0 Å². The third-order valence-electron chi connectivity index (χ3n) is 5.00. The number of quaternary nitrogens is 1. The molecule has 0 atom stereocenters. The average molecular weight is 446 g/mol. The Kier molecular flexibility index (Phi) is 5.39. The van der Waals surface area contributed by atoms with E-state index in [-0.39, 0.29) is 17.3 Å². The van der Waals surface area contributed by atoms with Crippen molar-refractivity contribution in [2.45, 2.75) is 6.54 Å². The van der Waals surface area contributed by atoms with E-state index in [0.29, 0.717) is 42.4 Å². The van der Waals surface area contributed by atoms with Crippen LogP contribution in [-0.2, 0) is 11.3 Å². The predicted octanol–water partition coefficient (Wildman–Crippen LogP) is 1.56. The standard InChI is InChI=1S/C21H20BrNO5/c1-26-18-5-2-14(22)10-13(18)11-19-20(25)15-3-4-17(24)16(21(15)28-19)12-23-6-8-27-9-7-23/h2-5,10-11,24H,6-9,12H2,1H3/b19-11-. The summed E-state index contributed by atoms with van der Waals surface area (Å²) in [6.45, 7) is 3.52. The van der Waals surface area contributed by atoms with Crippen LogP contribution in [0, 0.1) is 0 Å². The minimum absolute atomic E-state index is 0.105. The molecule has 0 aliphatic carbocycles. The van der Waals surface area contributed by atoms with Gasteiger partial charge in [0.15, 0.2) is 5.76 Å². The molecule has 6 nitrogen and oxygen atoms in total. The molecular weight excluding hydrogens is 426 g/mol. The highest BCUT2D eigenvalue weighted by Crippen LogP contribution is 2.39. The maximum absolute atomic E-state index is 12.9. The van der Waals surface area contributed by atoms with E-state index < -0.39 is 0 Å². The smallest absolute Gasteiger partial charge is 0.231 e. The maximum Gasteiger partial charge on any atom is 0.231 e. The van der Waals surface area contributed by atoms with Gasteiger partial charge in [0.1, 0.15) is 31.1 Å². The van der Waals surface area contributed by atoms with Gasteiger partial charge in [-0.05, 0) is 30.3 Å². The Morgan fingerprint density at radius 1 is 1.25 bits per heavy atom. The quantitative estimate of drug-likeness (QED) is 0.723. The number of hydrogen-bond acceptors (Lipinski definition) is 5. The molecule has 1 N–H and O–H groups in total. The Morgan fingerprint density at radius 3 is 2.79 bits per heavy atom. The number of benzene rings is 2. The molecule has 0 unspecified atom stereocenters. The zero-order chi connectivity index (χ0) is 19.7. The van der Waals surface area contributed by atoms with Crippen LogP contribution >= 0.6 is 15.9 Å². The molecule has 28 heavy (non-hydrogen) atoms. The Morgan fingerprint density at radius 2 is 2.04 bits per heavy atom. The zero-order valence-electron chi connectivity index (χ0n) is 15.4. The van der Waals surface area contributed by atoms with E-state index in [0.717, 1.165) is 23.1 Å². The van der Waals surface area contributed by atoms with Crippen molar-refractivity contribution in [3.8, 4) is 17.2 Å². The normalized spacial score (nSPS) is 18.2. The Balaban J connectivity index is 1.68. The molecule has 0 bridgehead atoms. The number of hydrogen-bond donors (Lipinski definition) is 1. The number of Topliss-reactive ketones (excluding diaryl/α,β-unsaturated/α-hetero) is 1. The van der Waals surface area contributed by atoms with Gasteiger partial charge in [-0.15, -0.1) is 0 Å². The van der Waals surface area contributed by atoms with Crippen molar-refractivity contribution >= 4 is 27.8 Å². The number of ether oxygens (including phenoxy) is 3. The largest absolute Gasteiger partial charge is 0.872 e. The predicted molar refractivity (Wildman–Crippen MR) is 105 cm³/mol. The van der Waals surface area contributed by atoms with E-state index in [1.54, 1.807) is 19.3 Å². The Labute approximate surface area is 171 Å². The number of rotatable bonds is 4. The van der Waals surface area contributed by atoms with Crippen LogP contribution in [0.5, 0.6) is 17.2 Å². The number of carbonyl (C=O) groups excluding carboxylic acids is 1. The van der Waals surface area contributed by atoms with E-state index in [4.69, 9.17) is 14.2 Å². The van der Waals surface area contributed by atoms with Crippen LogP contribution in [0.4, 0.5) is 0 Å². The van der Waals surface area contributed by atoms with Gasteiger partial charge < -0.3 is 24.2 Å². The minimum atomic E-state index is -0.227. The zero-order valence-corrected chi connectivity index (χ0v) is 17.0. The first-order chi connectivity index (χ1) is 13.6. The van der Waals surface area contributed by atoms with Crippen molar-refractivity contribution in [2.75, 3.05) is 33.4 Å². The van der Waals surface area contributed by atoms with E-state index in [1.807, 2.05) is 18.2 Å². The molecule has 4 rings (SSSR count). The number of fused-ring (bicyclic) bond motifs is 1. The maximum atomic E-state index is 12.9. The first-order valence-electron chi connectivity index (χ1n) is 9.09. The summed E-state index contributed by atoms with van der Waals surface area (Å²) in [5, 5.41) is 12.5. The van der Waals surface area contributed by atoms with Gasteiger partial charge in [0, 0.05) is 15.6 Å². The summed E-state index contributed by atoms with van der Waals surface area (Å²) in [4.78, 5) is 14.1. The topological polar surface area (TPSA) is 72.3 Å². The van der Waals surface area contributed by atoms with Crippen LogP contribution in [0.15, 0.2) is 40.6 Å². The first kappa shape index (κ1) is 19.0. The van der Waals surface area contributed by atoms with E-state index in [1.165, 1.54) is 11.0 Å². The van der Waals surface area contributed by atoms with Crippen molar-refractivity contribution in [3.05, 3.63) is 57.3 Å². The van der Waals surface area contributed by atoms with Gasteiger partial charge in [0.05, 0.1) is 25.9 Å². The summed E-state index contributed by atoms with van der Waals surface area (Å²) >= 11 is 3.43. The van der Waals surface area contributed by atoms with Crippen LogP contribution in [0.25, 0.3) is 6.08 Å². The van der Waals surface area contributed by atoms with Gasteiger partial charge in [-0.2, -0.15) is 0 Å². The van der Waals surface area contributed by atoms with Crippen molar-refractivity contribution in [1.82, 2.24) is 0 Å². The van der Waals surface area contributed by atoms with Crippen LogP contribution in [0.3, 0.4) is 0 Å². The van der Waals surface area contributed by atoms with Crippen molar-refractivity contribution in [2.24, 2.45) is 0 Å². The molecule has 1 fully saturated rings. The number of allylic oxidation sites excluding steroid dienone is 1. The summed E-state index contributed by atoms with van der Waals surface area (Å²) in [6, 6.07) is 8.53. The molecule has 2 aromatic carbocycles. The number of nitrogens with one attached hydrogen (secondary N) is 1. The van der Waals surface area contributed by atoms with Gasteiger partial charge in [-0.3, -0.25) is 4.79 Å². The van der Waals surface area contributed by atoms with Crippen molar-refractivity contribution in [3.63, 3.8) is 0 Å². The van der Waals surface area contributed by atoms with Crippen molar-refractivity contribution < 1.29 is 29.0 Å². The Hall–Kier alpha value is -2.35. The fourth-order valence-electron chi connectivity index (χ4n) is 3.50. The highest BCUT2D eigenvalue weighted by molar-refractivity contribution is 9.10. The molecule has 0 aromatic heterocycles. The van der Waals surface area contributed by atoms with Crippen LogP contribution in [0.2, 0.25) is 0 Å². The SMILES string of the molecule is COc1ccc(Br)cc1/C=C1\Oc2c(ccc([O-])c2C[NH+]2CCOCC2)C1=O. The summed E-state index contributed by atoms with van der Waals surface area (Å²) in [5.74, 6) is 0.875. The second kappa shape index (κ2) is 7.95. The highest BCUT2D eigenvalue weighted by atomic mass is 79.9. The lowest BCUT2D eigenvalue weighted by Crippen LogP contribution is -3.12. The van der Waals surface area contributed by atoms with Gasteiger partial charge in [0.25, 0.3) is 0 Å². The fraction of sp³-hybridized carbons (Fsp3) is 0.286. The molecule has 1 saturated heterocycles. The lowest BCUT2D eigenvalue weighted by molar-refractivity contribution is -0.921. The number of ketones is 1. The minimum Gasteiger partial charge on any atom is -0.872 e.